The van der Waals surface area contributed by atoms with Crippen LogP contribution in [0.4, 0.5) is 11.5 Å². The minimum Gasteiger partial charge on any atom is -0.463 e. The van der Waals surface area contributed by atoms with Crippen LogP contribution in [0.15, 0.2) is 49.1 Å². The molecule has 0 unspecified atom stereocenters. The molecule has 2 saturated heterocycles. The molecule has 7 rings (SSSR count). The van der Waals surface area contributed by atoms with Crippen molar-refractivity contribution in [3.05, 3.63) is 65.9 Å². The largest absolute Gasteiger partial charge is 0.463 e. The molecule has 45 heavy (non-hydrogen) atoms. The minimum absolute atomic E-state index is 0.129. The van der Waals surface area contributed by atoms with Gasteiger partial charge in [0.15, 0.2) is 0 Å². The Morgan fingerprint density at radius 1 is 1.11 bits per heavy atom. The fourth-order valence-electron chi connectivity index (χ4n) is 8.16. The van der Waals surface area contributed by atoms with Gasteiger partial charge in [0.1, 0.15) is 5.82 Å². The van der Waals surface area contributed by atoms with Crippen LogP contribution in [0.2, 0.25) is 0 Å². The number of hydrogen-bond donors (Lipinski definition) is 0. The number of benzene rings is 2. The zero-order valence-electron chi connectivity index (χ0n) is 26.3. The van der Waals surface area contributed by atoms with Crippen LogP contribution >= 0.6 is 0 Å². The third-order valence-corrected chi connectivity index (χ3v) is 10.4. The first-order valence-electron chi connectivity index (χ1n) is 16.6. The third kappa shape index (κ3) is 5.84. The van der Waals surface area contributed by atoms with E-state index in [9.17, 15) is 10.1 Å². The number of likely N-dealkylation sites (tertiary alicyclic amines) is 1. The Kier molecular flexibility index (Phi) is 8.33. The number of piperidine rings is 1. The summed E-state index contributed by atoms with van der Waals surface area (Å²) in [4.78, 5) is 31.7. The van der Waals surface area contributed by atoms with Gasteiger partial charge in [0, 0.05) is 61.9 Å². The van der Waals surface area contributed by atoms with Gasteiger partial charge in [-0.3, -0.25) is 9.69 Å². The van der Waals surface area contributed by atoms with E-state index in [0.717, 1.165) is 55.0 Å². The van der Waals surface area contributed by atoms with Gasteiger partial charge < -0.3 is 19.4 Å². The van der Waals surface area contributed by atoms with Crippen molar-refractivity contribution >= 4 is 28.2 Å². The minimum atomic E-state index is -0.223. The van der Waals surface area contributed by atoms with Gasteiger partial charge in [0.05, 0.1) is 37.4 Å². The van der Waals surface area contributed by atoms with E-state index >= 15 is 0 Å². The van der Waals surface area contributed by atoms with Crippen molar-refractivity contribution in [1.29, 1.82) is 5.26 Å². The summed E-state index contributed by atoms with van der Waals surface area (Å²) in [5, 5.41) is 12.1. The number of anilines is 2. The molecular weight excluding hydrogens is 562 g/mol. The highest BCUT2D eigenvalue weighted by Gasteiger charge is 2.37. The number of amides is 1. The highest BCUT2D eigenvalue weighted by Crippen LogP contribution is 2.38. The van der Waals surface area contributed by atoms with E-state index in [1.165, 1.54) is 53.9 Å². The SMILES string of the molecule is C=CC(=O)N1CCN(c2nc(OCCCN3C[C@H]4CC[C@@H]3C4)nc3c2CCN(c2cccc4cccc(C)c24)C3)C[C@@H]1CC#N. The van der Waals surface area contributed by atoms with Crippen molar-refractivity contribution in [3.63, 3.8) is 0 Å². The Bertz CT molecular complexity index is 1630. The summed E-state index contributed by atoms with van der Waals surface area (Å²) in [7, 11) is 0. The van der Waals surface area contributed by atoms with Crippen molar-refractivity contribution in [3.8, 4) is 12.1 Å². The van der Waals surface area contributed by atoms with Crippen molar-refractivity contribution in [2.45, 2.75) is 64.1 Å². The summed E-state index contributed by atoms with van der Waals surface area (Å²) < 4.78 is 6.30. The zero-order chi connectivity index (χ0) is 30.9. The molecule has 3 fully saturated rings. The molecule has 3 atom stereocenters. The molecule has 1 saturated carbocycles. The molecule has 9 heteroatoms. The van der Waals surface area contributed by atoms with Gasteiger partial charge in [-0.05, 0) is 68.0 Å². The summed E-state index contributed by atoms with van der Waals surface area (Å²) in [5.74, 6) is 1.65. The van der Waals surface area contributed by atoms with E-state index < -0.39 is 0 Å². The van der Waals surface area contributed by atoms with Gasteiger partial charge in [0.2, 0.25) is 5.91 Å². The molecule has 4 aliphatic rings. The normalized spacial score (nSPS) is 22.8. The molecule has 2 bridgehead atoms. The highest BCUT2D eigenvalue weighted by molar-refractivity contribution is 5.97. The monoisotopic (exact) mass is 605 g/mol. The summed E-state index contributed by atoms with van der Waals surface area (Å²) >= 11 is 0. The molecule has 3 aromatic rings. The molecule has 2 aromatic carbocycles. The van der Waals surface area contributed by atoms with Crippen LogP contribution in [0.3, 0.4) is 0 Å². The fraction of sp³-hybridized carbons (Fsp3) is 0.500. The lowest BCUT2D eigenvalue weighted by atomic mass is 9.99. The second-order valence-electron chi connectivity index (χ2n) is 13.1. The smallest absolute Gasteiger partial charge is 0.318 e. The number of aryl methyl sites for hydroxylation is 1. The van der Waals surface area contributed by atoms with Crippen LogP contribution in [0, 0.1) is 24.2 Å². The second-order valence-corrected chi connectivity index (χ2v) is 13.1. The standard InChI is InChI=1S/C36H43N7O2/c1-3-33(44)43-19-18-42(23-29(43)13-15-37)35-30-14-17-41(32-10-5-9-27-8-4-7-25(2)34(27)32)24-31(30)38-36(39-35)45-20-6-16-40-22-26-11-12-28(40)21-26/h3-5,7-10,26,28-29H,1,6,11-14,16-24H2,2H3/t26-,28+,29-/m0/s1. The number of ether oxygens (including phenoxy) is 1. The Balaban J connectivity index is 1.15. The molecular formula is C36H43N7O2. The van der Waals surface area contributed by atoms with E-state index in [1.54, 1.807) is 4.90 Å². The van der Waals surface area contributed by atoms with Crippen molar-refractivity contribution in [2.75, 3.05) is 55.7 Å². The number of rotatable bonds is 9. The molecule has 0 radical (unpaired) electrons. The number of aromatic nitrogens is 2. The van der Waals surface area contributed by atoms with Crippen molar-refractivity contribution in [1.82, 2.24) is 19.8 Å². The summed E-state index contributed by atoms with van der Waals surface area (Å²) in [6, 6.07) is 16.2. The third-order valence-electron chi connectivity index (χ3n) is 10.4. The van der Waals surface area contributed by atoms with Gasteiger partial charge >= 0.3 is 6.01 Å². The van der Waals surface area contributed by atoms with Gasteiger partial charge in [-0.1, -0.05) is 36.9 Å². The summed E-state index contributed by atoms with van der Waals surface area (Å²) in [6.07, 6.45) is 7.46. The van der Waals surface area contributed by atoms with Gasteiger partial charge in [0.25, 0.3) is 0 Å². The average molecular weight is 606 g/mol. The number of fused-ring (bicyclic) bond motifs is 4. The van der Waals surface area contributed by atoms with Gasteiger partial charge in [-0.15, -0.1) is 0 Å². The van der Waals surface area contributed by atoms with Crippen LogP contribution in [0.25, 0.3) is 10.8 Å². The topological polar surface area (TPSA) is 88.8 Å². The number of nitrogens with zero attached hydrogens (tertiary/aromatic N) is 7. The van der Waals surface area contributed by atoms with Crippen molar-refractivity contribution < 1.29 is 9.53 Å². The summed E-state index contributed by atoms with van der Waals surface area (Å²) in [6.45, 7) is 11.9. The zero-order valence-corrected chi connectivity index (χ0v) is 26.3. The van der Waals surface area contributed by atoms with E-state index in [2.05, 4.69) is 70.7 Å². The maximum absolute atomic E-state index is 12.6. The lowest BCUT2D eigenvalue weighted by molar-refractivity contribution is -0.128. The van der Waals surface area contributed by atoms with E-state index in [1.807, 2.05) is 0 Å². The Morgan fingerprint density at radius 3 is 2.76 bits per heavy atom. The molecule has 1 aromatic heterocycles. The van der Waals surface area contributed by atoms with Crippen LogP contribution in [-0.2, 0) is 17.8 Å². The number of piperazine rings is 1. The lowest BCUT2D eigenvalue weighted by Gasteiger charge is -2.42. The van der Waals surface area contributed by atoms with Crippen LogP contribution in [0.1, 0.15) is 48.9 Å². The van der Waals surface area contributed by atoms with E-state index in [-0.39, 0.29) is 18.4 Å². The molecule has 234 valence electrons. The highest BCUT2D eigenvalue weighted by atomic mass is 16.5. The first-order valence-corrected chi connectivity index (χ1v) is 16.6. The molecule has 9 nitrogen and oxygen atoms in total. The van der Waals surface area contributed by atoms with Crippen LogP contribution in [-0.4, -0.2) is 83.6 Å². The second kappa shape index (κ2) is 12.7. The molecule has 0 spiro atoms. The first kappa shape index (κ1) is 29.5. The van der Waals surface area contributed by atoms with E-state index in [0.29, 0.717) is 38.8 Å². The number of carbonyl (C=O) groups excluding carboxylic acids is 1. The van der Waals surface area contributed by atoms with Crippen molar-refractivity contribution in [2.24, 2.45) is 5.92 Å². The van der Waals surface area contributed by atoms with E-state index in [4.69, 9.17) is 14.7 Å². The Morgan fingerprint density at radius 2 is 1.98 bits per heavy atom. The summed E-state index contributed by atoms with van der Waals surface area (Å²) in [5.41, 5.74) is 4.63. The van der Waals surface area contributed by atoms with Crippen LogP contribution in [0.5, 0.6) is 6.01 Å². The van der Waals surface area contributed by atoms with Crippen LogP contribution < -0.4 is 14.5 Å². The molecule has 4 heterocycles. The molecule has 0 N–H and O–H groups in total. The fourth-order valence-corrected chi connectivity index (χ4v) is 8.16. The maximum atomic E-state index is 12.6. The number of carbonyl (C=O) groups is 1. The molecule has 1 aliphatic carbocycles. The number of hydrogen-bond acceptors (Lipinski definition) is 8. The molecule has 3 aliphatic heterocycles. The number of nitriles is 1. The average Bonchev–Trinajstić information content (AvgIpc) is 3.70. The predicted octanol–water partition coefficient (Wildman–Crippen LogP) is 4.87. The first-order chi connectivity index (χ1) is 22.0. The maximum Gasteiger partial charge on any atom is 0.318 e. The lowest BCUT2D eigenvalue weighted by Crippen LogP contribution is -2.55. The Hall–Kier alpha value is -4.16. The molecule has 1 amide bonds. The Labute approximate surface area is 266 Å². The quantitative estimate of drug-likeness (QED) is 0.252. The van der Waals surface area contributed by atoms with Gasteiger partial charge in [-0.2, -0.15) is 15.2 Å². The predicted molar refractivity (Wildman–Crippen MR) is 176 cm³/mol. The van der Waals surface area contributed by atoms with Gasteiger partial charge in [-0.25, -0.2) is 0 Å².